The highest BCUT2D eigenvalue weighted by atomic mass is 28.2. The SMILES string of the molecule is CCC=C[SiH2]CCC. The van der Waals surface area contributed by atoms with Crippen LogP contribution >= 0.6 is 0 Å². The zero-order chi connectivity index (χ0) is 6.24. The largest absolute Gasteiger partial charge is 0.105 e. The quantitative estimate of drug-likeness (QED) is 0.401. The van der Waals surface area contributed by atoms with Gasteiger partial charge in [-0.05, 0) is 6.42 Å². The van der Waals surface area contributed by atoms with Gasteiger partial charge in [0.15, 0.2) is 0 Å². The van der Waals surface area contributed by atoms with Crippen molar-refractivity contribution >= 4 is 9.52 Å². The molecule has 8 heavy (non-hydrogen) atoms. The Hall–Kier alpha value is -0.0431. The molecule has 0 saturated heterocycles. The molecule has 0 saturated carbocycles. The van der Waals surface area contributed by atoms with Gasteiger partial charge in [0.1, 0.15) is 0 Å². The predicted molar refractivity (Wildman–Crippen MR) is 43.1 cm³/mol. The number of hydrogen-bond donors (Lipinski definition) is 0. The Kier molecular flexibility index (Phi) is 6.92. The van der Waals surface area contributed by atoms with Crippen LogP contribution in [0, 0.1) is 0 Å². The summed E-state index contributed by atoms with van der Waals surface area (Å²) in [7, 11) is 0.220. The van der Waals surface area contributed by atoms with E-state index in [1.807, 2.05) is 0 Å². The van der Waals surface area contributed by atoms with Crippen molar-refractivity contribution < 1.29 is 0 Å². The first-order valence-electron chi connectivity index (χ1n) is 3.56. The van der Waals surface area contributed by atoms with E-state index in [0.717, 1.165) is 0 Å². The van der Waals surface area contributed by atoms with Gasteiger partial charge in [-0.1, -0.05) is 32.4 Å². The van der Waals surface area contributed by atoms with E-state index in [0.29, 0.717) is 0 Å². The monoisotopic (exact) mass is 128 g/mol. The van der Waals surface area contributed by atoms with E-state index in [-0.39, 0.29) is 9.52 Å². The van der Waals surface area contributed by atoms with Crippen LogP contribution < -0.4 is 0 Å². The van der Waals surface area contributed by atoms with Crippen molar-refractivity contribution in [2.24, 2.45) is 0 Å². The molecule has 0 fully saturated rings. The van der Waals surface area contributed by atoms with Gasteiger partial charge in [-0.3, -0.25) is 0 Å². The van der Waals surface area contributed by atoms with Gasteiger partial charge in [0, 0.05) is 9.52 Å². The highest BCUT2D eigenvalue weighted by molar-refractivity contribution is 6.41. The number of hydrogen-bond acceptors (Lipinski definition) is 0. The van der Waals surface area contributed by atoms with Gasteiger partial charge in [0.2, 0.25) is 0 Å². The van der Waals surface area contributed by atoms with Gasteiger partial charge in [-0.2, -0.15) is 0 Å². The Labute approximate surface area is 54.8 Å². The van der Waals surface area contributed by atoms with Crippen LogP contribution in [0.1, 0.15) is 26.7 Å². The van der Waals surface area contributed by atoms with Crippen LogP contribution in [0.4, 0.5) is 0 Å². The smallest absolute Gasteiger partial charge is 0.0449 e. The van der Waals surface area contributed by atoms with E-state index in [1.165, 1.54) is 18.9 Å². The topological polar surface area (TPSA) is 0 Å². The first-order chi connectivity index (χ1) is 3.91. The van der Waals surface area contributed by atoms with Crippen LogP contribution in [0.5, 0.6) is 0 Å². The van der Waals surface area contributed by atoms with Crippen molar-refractivity contribution in [2.75, 3.05) is 0 Å². The Morgan fingerprint density at radius 1 is 1.38 bits per heavy atom. The summed E-state index contributed by atoms with van der Waals surface area (Å²) in [5.74, 6) is 0. The molecule has 0 atom stereocenters. The highest BCUT2D eigenvalue weighted by Crippen LogP contribution is 1.86. The van der Waals surface area contributed by atoms with Crippen molar-refractivity contribution in [3.8, 4) is 0 Å². The Morgan fingerprint density at radius 3 is 2.62 bits per heavy atom. The Balaban J connectivity index is 2.80. The number of rotatable bonds is 4. The molecule has 0 nitrogen and oxygen atoms in total. The molecule has 0 bridgehead atoms. The molecule has 48 valence electrons. The minimum absolute atomic E-state index is 0.220. The van der Waals surface area contributed by atoms with E-state index < -0.39 is 0 Å². The molecule has 0 heterocycles. The first-order valence-corrected chi connectivity index (χ1v) is 5.38. The van der Waals surface area contributed by atoms with Crippen LogP contribution in [0.25, 0.3) is 0 Å². The summed E-state index contributed by atoms with van der Waals surface area (Å²) in [5.41, 5.74) is 2.41. The molecule has 0 rings (SSSR count). The first kappa shape index (κ1) is 7.96. The van der Waals surface area contributed by atoms with Crippen molar-refractivity contribution in [2.45, 2.75) is 32.7 Å². The van der Waals surface area contributed by atoms with Crippen LogP contribution in [-0.2, 0) is 0 Å². The molecule has 1 heteroatoms. The summed E-state index contributed by atoms with van der Waals surface area (Å²) in [5, 5.41) is 0. The standard InChI is InChI=1S/C7H16Si/c1-3-5-7-8-6-4-2/h5,7H,3-4,6,8H2,1-2H3. The van der Waals surface area contributed by atoms with E-state index in [2.05, 4.69) is 25.6 Å². The lowest BCUT2D eigenvalue weighted by Crippen LogP contribution is -1.79. The van der Waals surface area contributed by atoms with E-state index >= 15 is 0 Å². The highest BCUT2D eigenvalue weighted by Gasteiger charge is 1.76. The van der Waals surface area contributed by atoms with Crippen molar-refractivity contribution in [3.63, 3.8) is 0 Å². The van der Waals surface area contributed by atoms with E-state index in [9.17, 15) is 0 Å². The second-order valence-electron chi connectivity index (χ2n) is 2.02. The second-order valence-corrected chi connectivity index (χ2v) is 3.78. The minimum Gasteiger partial charge on any atom is -0.105 e. The van der Waals surface area contributed by atoms with Crippen LogP contribution in [0.2, 0.25) is 6.04 Å². The Bertz CT molecular complexity index is 57.4. The summed E-state index contributed by atoms with van der Waals surface area (Å²) < 4.78 is 0. The fourth-order valence-corrected chi connectivity index (χ4v) is 1.82. The summed E-state index contributed by atoms with van der Waals surface area (Å²) in [4.78, 5) is 0. The van der Waals surface area contributed by atoms with Gasteiger partial charge in [-0.25, -0.2) is 0 Å². The molecule has 0 aliphatic rings. The molecular weight excluding hydrogens is 112 g/mol. The Morgan fingerprint density at radius 2 is 2.12 bits per heavy atom. The lowest BCUT2D eigenvalue weighted by molar-refractivity contribution is 1.08. The molecule has 0 unspecified atom stereocenters. The van der Waals surface area contributed by atoms with Gasteiger partial charge >= 0.3 is 0 Å². The molecule has 0 aromatic carbocycles. The average Bonchev–Trinajstić information content (AvgIpc) is 1.81. The predicted octanol–water partition coefficient (Wildman–Crippen LogP) is 1.91. The van der Waals surface area contributed by atoms with Crippen molar-refractivity contribution in [1.29, 1.82) is 0 Å². The maximum atomic E-state index is 2.41. The van der Waals surface area contributed by atoms with Gasteiger partial charge in [0.05, 0.1) is 0 Å². The summed E-state index contributed by atoms with van der Waals surface area (Å²) >= 11 is 0. The third-order valence-electron chi connectivity index (χ3n) is 1.13. The molecule has 0 aromatic rings. The lowest BCUT2D eigenvalue weighted by Gasteiger charge is -1.84. The van der Waals surface area contributed by atoms with E-state index in [4.69, 9.17) is 0 Å². The molecule has 0 aliphatic carbocycles. The molecule has 0 amide bonds. The van der Waals surface area contributed by atoms with Crippen LogP contribution in [0.3, 0.4) is 0 Å². The molecule has 0 aliphatic heterocycles. The third kappa shape index (κ3) is 5.96. The molecule has 0 spiro atoms. The van der Waals surface area contributed by atoms with Gasteiger partial charge < -0.3 is 0 Å². The third-order valence-corrected chi connectivity index (χ3v) is 2.91. The zero-order valence-corrected chi connectivity index (χ0v) is 7.40. The summed E-state index contributed by atoms with van der Waals surface area (Å²) in [6.45, 7) is 4.45. The molecule has 0 aromatic heterocycles. The second kappa shape index (κ2) is 6.96. The lowest BCUT2D eigenvalue weighted by atomic mass is 10.5. The molecule has 0 N–H and O–H groups in total. The van der Waals surface area contributed by atoms with Crippen molar-refractivity contribution in [3.05, 3.63) is 11.8 Å². The zero-order valence-electron chi connectivity index (χ0n) is 5.98. The number of allylic oxidation sites excluding steroid dienone is 1. The maximum absolute atomic E-state index is 2.41. The fraction of sp³-hybridized carbons (Fsp3) is 0.714. The van der Waals surface area contributed by atoms with Crippen LogP contribution in [0.15, 0.2) is 11.8 Å². The fourth-order valence-electron chi connectivity index (χ4n) is 0.606. The molecule has 0 radical (unpaired) electrons. The summed E-state index contributed by atoms with van der Waals surface area (Å²) in [6, 6.07) is 1.48. The maximum Gasteiger partial charge on any atom is 0.0449 e. The van der Waals surface area contributed by atoms with Crippen LogP contribution in [-0.4, -0.2) is 9.52 Å². The van der Waals surface area contributed by atoms with Gasteiger partial charge in [-0.15, -0.1) is 5.70 Å². The van der Waals surface area contributed by atoms with Gasteiger partial charge in [0.25, 0.3) is 0 Å². The summed E-state index contributed by atoms with van der Waals surface area (Å²) in [6.07, 6.45) is 4.89. The minimum atomic E-state index is 0.220. The van der Waals surface area contributed by atoms with E-state index in [1.54, 1.807) is 0 Å². The average molecular weight is 128 g/mol. The molecular formula is C7H16Si. The normalized spacial score (nSPS) is 12.2. The van der Waals surface area contributed by atoms with Crippen molar-refractivity contribution in [1.82, 2.24) is 0 Å².